The molecule has 0 spiro atoms. The van der Waals surface area contributed by atoms with Gasteiger partial charge in [-0.05, 0) is 48.4 Å². The molecule has 1 amide bonds. The van der Waals surface area contributed by atoms with Gasteiger partial charge in [-0.2, -0.15) is 4.31 Å². The highest BCUT2D eigenvalue weighted by Crippen LogP contribution is 2.16. The highest BCUT2D eigenvalue weighted by atomic mass is 32.2. The molecule has 0 unspecified atom stereocenters. The summed E-state index contributed by atoms with van der Waals surface area (Å²) < 4.78 is 52.7. The van der Waals surface area contributed by atoms with Gasteiger partial charge in [0.1, 0.15) is 17.3 Å². The van der Waals surface area contributed by atoms with Gasteiger partial charge in [0.2, 0.25) is 15.9 Å². The number of nitrogens with zero attached hydrogens (tertiary/aromatic N) is 3. The average molecular weight is 556 g/mol. The molecule has 1 fully saturated rings. The van der Waals surface area contributed by atoms with Crippen molar-refractivity contribution in [2.75, 3.05) is 45.9 Å². The molecular formula is C29H34FN3O5S. The number of morpholine rings is 1. The number of ether oxygens (including phenoxy) is 1. The van der Waals surface area contributed by atoms with E-state index in [1.165, 1.54) is 27.4 Å². The van der Waals surface area contributed by atoms with Gasteiger partial charge in [0.25, 0.3) is 0 Å². The van der Waals surface area contributed by atoms with Crippen LogP contribution in [0.3, 0.4) is 0 Å². The van der Waals surface area contributed by atoms with Gasteiger partial charge in [0.15, 0.2) is 0 Å². The molecule has 0 N–H and O–H groups in total. The minimum absolute atomic E-state index is 0.150. The van der Waals surface area contributed by atoms with Crippen molar-refractivity contribution in [2.45, 2.75) is 20.0 Å². The number of halogens is 1. The molecule has 1 aromatic heterocycles. The first kappa shape index (κ1) is 28.7. The molecule has 2 heterocycles. The Morgan fingerprint density at radius 2 is 1.72 bits per heavy atom. The minimum atomic E-state index is -3.92. The zero-order valence-electron chi connectivity index (χ0n) is 22.0. The number of sulfonamides is 1. The van der Waals surface area contributed by atoms with E-state index in [1.54, 1.807) is 18.2 Å². The predicted octanol–water partition coefficient (Wildman–Crippen LogP) is 3.89. The lowest BCUT2D eigenvalue weighted by molar-refractivity contribution is -0.133. The quantitative estimate of drug-likeness (QED) is 0.337. The van der Waals surface area contributed by atoms with Gasteiger partial charge in [0, 0.05) is 38.1 Å². The van der Waals surface area contributed by atoms with E-state index in [0.29, 0.717) is 44.4 Å². The molecule has 4 rings (SSSR count). The molecule has 0 saturated carbocycles. The molecule has 8 nitrogen and oxygen atoms in total. The molecule has 1 saturated heterocycles. The fourth-order valence-electron chi connectivity index (χ4n) is 4.24. The molecule has 0 bridgehead atoms. The number of hydrogen-bond donors (Lipinski definition) is 0. The van der Waals surface area contributed by atoms with Crippen LogP contribution < -0.4 is 0 Å². The Morgan fingerprint density at radius 1 is 1.00 bits per heavy atom. The van der Waals surface area contributed by atoms with Gasteiger partial charge >= 0.3 is 0 Å². The van der Waals surface area contributed by atoms with Gasteiger partial charge in [-0.3, -0.25) is 9.69 Å². The Bertz CT molecular complexity index is 1340. The maximum atomic E-state index is 13.7. The fraction of sp³-hybridized carbons (Fsp3) is 0.345. The Balaban J connectivity index is 1.55. The summed E-state index contributed by atoms with van der Waals surface area (Å²) in [6, 6.07) is 18.6. The summed E-state index contributed by atoms with van der Waals surface area (Å²) >= 11 is 0. The van der Waals surface area contributed by atoms with E-state index in [0.717, 1.165) is 16.5 Å². The molecule has 3 aromatic rings. The standard InChI is InChI=1S/C29H34FN3O5S/c1-24-7-12-28(38-24)22-32(21-26-8-10-27(30)11-9-26)29(34)23-33(15-14-31-16-18-37-19-17-31)39(35,36)20-13-25-5-3-2-4-6-25/h2-13,20H,14-19,21-23H2,1H3/b20-13+. The number of furan rings is 1. The average Bonchev–Trinajstić information content (AvgIpc) is 3.36. The lowest BCUT2D eigenvalue weighted by atomic mass is 10.2. The number of carbonyl (C=O) groups is 1. The lowest BCUT2D eigenvalue weighted by Crippen LogP contribution is -2.46. The van der Waals surface area contributed by atoms with Crippen molar-refractivity contribution in [3.05, 3.63) is 101 Å². The second-order valence-electron chi connectivity index (χ2n) is 9.43. The van der Waals surface area contributed by atoms with Crippen LogP contribution in [-0.4, -0.2) is 74.4 Å². The van der Waals surface area contributed by atoms with Gasteiger partial charge in [-0.1, -0.05) is 42.5 Å². The van der Waals surface area contributed by atoms with Gasteiger partial charge < -0.3 is 14.1 Å². The van der Waals surface area contributed by atoms with E-state index in [2.05, 4.69) is 4.90 Å². The van der Waals surface area contributed by atoms with Crippen LogP contribution in [0.15, 0.2) is 76.6 Å². The van der Waals surface area contributed by atoms with Gasteiger partial charge in [0.05, 0.1) is 26.3 Å². The van der Waals surface area contributed by atoms with Crippen molar-refractivity contribution in [3.63, 3.8) is 0 Å². The maximum Gasteiger partial charge on any atom is 0.238 e. The Hall–Kier alpha value is -3.31. The minimum Gasteiger partial charge on any atom is -0.464 e. The van der Waals surface area contributed by atoms with E-state index >= 15 is 0 Å². The number of hydrogen-bond acceptors (Lipinski definition) is 6. The van der Waals surface area contributed by atoms with Crippen molar-refractivity contribution in [1.82, 2.24) is 14.1 Å². The van der Waals surface area contributed by atoms with Crippen molar-refractivity contribution < 1.29 is 26.8 Å². The molecule has 208 valence electrons. The van der Waals surface area contributed by atoms with Crippen LogP contribution in [0.4, 0.5) is 4.39 Å². The largest absolute Gasteiger partial charge is 0.464 e. The zero-order chi connectivity index (χ0) is 27.7. The first-order chi connectivity index (χ1) is 18.8. The monoisotopic (exact) mass is 555 g/mol. The molecular weight excluding hydrogens is 521 g/mol. The molecule has 1 aliphatic rings. The first-order valence-electron chi connectivity index (χ1n) is 12.9. The summed E-state index contributed by atoms with van der Waals surface area (Å²) in [6.07, 6.45) is 1.53. The van der Waals surface area contributed by atoms with E-state index in [-0.39, 0.29) is 37.9 Å². The van der Waals surface area contributed by atoms with Crippen LogP contribution >= 0.6 is 0 Å². The Kier molecular flexibility index (Phi) is 10.0. The Labute approximate surface area is 229 Å². The number of carbonyl (C=O) groups excluding carboxylic acids is 1. The van der Waals surface area contributed by atoms with E-state index in [1.807, 2.05) is 43.3 Å². The van der Waals surface area contributed by atoms with Crippen molar-refractivity contribution >= 4 is 22.0 Å². The van der Waals surface area contributed by atoms with Crippen LogP contribution in [0.5, 0.6) is 0 Å². The van der Waals surface area contributed by atoms with Crippen molar-refractivity contribution in [1.29, 1.82) is 0 Å². The molecule has 2 aromatic carbocycles. The zero-order valence-corrected chi connectivity index (χ0v) is 22.9. The van der Waals surface area contributed by atoms with Crippen molar-refractivity contribution in [2.24, 2.45) is 0 Å². The third kappa shape index (κ3) is 8.86. The first-order valence-corrected chi connectivity index (χ1v) is 14.4. The molecule has 39 heavy (non-hydrogen) atoms. The van der Waals surface area contributed by atoms with Crippen LogP contribution in [0, 0.1) is 12.7 Å². The summed E-state index contributed by atoms with van der Waals surface area (Å²) in [5.74, 6) is 0.533. The molecule has 0 atom stereocenters. The summed E-state index contributed by atoms with van der Waals surface area (Å²) in [4.78, 5) is 17.3. The van der Waals surface area contributed by atoms with Gasteiger partial charge in [-0.25, -0.2) is 12.8 Å². The van der Waals surface area contributed by atoms with E-state index in [9.17, 15) is 17.6 Å². The SMILES string of the molecule is Cc1ccc(CN(Cc2ccc(F)cc2)C(=O)CN(CCN2CCOCC2)S(=O)(=O)/C=C/c2ccccc2)o1. The third-order valence-electron chi connectivity index (χ3n) is 6.45. The smallest absolute Gasteiger partial charge is 0.238 e. The molecule has 1 aliphatic heterocycles. The number of amides is 1. The topological polar surface area (TPSA) is 83.3 Å². The number of aryl methyl sites for hydroxylation is 1. The summed E-state index contributed by atoms with van der Waals surface area (Å²) in [6.45, 7) is 5.02. The predicted molar refractivity (Wildman–Crippen MR) is 147 cm³/mol. The van der Waals surface area contributed by atoms with Crippen molar-refractivity contribution in [3.8, 4) is 0 Å². The number of benzene rings is 2. The molecule has 0 aliphatic carbocycles. The summed E-state index contributed by atoms with van der Waals surface area (Å²) in [7, 11) is -3.92. The normalized spacial score (nSPS) is 14.7. The van der Waals surface area contributed by atoms with Crippen LogP contribution in [0.25, 0.3) is 6.08 Å². The van der Waals surface area contributed by atoms with E-state index in [4.69, 9.17) is 9.15 Å². The molecule has 10 heteroatoms. The Morgan fingerprint density at radius 3 is 2.38 bits per heavy atom. The van der Waals surface area contributed by atoms with E-state index < -0.39 is 10.0 Å². The highest BCUT2D eigenvalue weighted by molar-refractivity contribution is 7.92. The molecule has 0 radical (unpaired) electrons. The van der Waals surface area contributed by atoms with Gasteiger partial charge in [-0.15, -0.1) is 0 Å². The second kappa shape index (κ2) is 13.7. The fourth-order valence-corrected chi connectivity index (χ4v) is 5.37. The van der Waals surface area contributed by atoms with Crippen LogP contribution in [0.1, 0.15) is 22.6 Å². The highest BCUT2D eigenvalue weighted by Gasteiger charge is 2.27. The lowest BCUT2D eigenvalue weighted by Gasteiger charge is -2.30. The number of rotatable bonds is 12. The second-order valence-corrected chi connectivity index (χ2v) is 11.3. The summed E-state index contributed by atoms with van der Waals surface area (Å²) in [5, 5.41) is 1.15. The third-order valence-corrected chi connectivity index (χ3v) is 7.97. The van der Waals surface area contributed by atoms with Crippen LogP contribution in [0.2, 0.25) is 0 Å². The summed E-state index contributed by atoms with van der Waals surface area (Å²) in [5.41, 5.74) is 1.46. The maximum absolute atomic E-state index is 13.7. The van der Waals surface area contributed by atoms with Crippen LogP contribution in [-0.2, 0) is 32.6 Å².